The van der Waals surface area contributed by atoms with Gasteiger partial charge in [0, 0.05) is 13.0 Å². The predicted octanol–water partition coefficient (Wildman–Crippen LogP) is 2.82. The largest absolute Gasteiger partial charge is 0.384 e. The fourth-order valence-electron chi connectivity index (χ4n) is 3.48. The Kier molecular flexibility index (Phi) is 3.02. The number of aliphatic imine (C=N–C) groups is 1. The molecule has 0 fully saturated rings. The van der Waals surface area contributed by atoms with Crippen LogP contribution in [0.1, 0.15) is 41.0 Å². The average molecular weight is 243 g/mol. The van der Waals surface area contributed by atoms with E-state index in [0.717, 1.165) is 31.4 Å². The maximum atomic E-state index is 10.7. The first kappa shape index (κ1) is 11.6. The quantitative estimate of drug-likeness (QED) is 0.605. The van der Waals surface area contributed by atoms with Crippen molar-refractivity contribution in [2.45, 2.75) is 38.0 Å². The number of hydrogen-bond donors (Lipinski definition) is 0. The summed E-state index contributed by atoms with van der Waals surface area (Å²) in [5.41, 5.74) is 6.20. The molecule has 18 heavy (non-hydrogen) atoms. The second-order valence-electron chi connectivity index (χ2n) is 5.18. The van der Waals surface area contributed by atoms with Crippen LogP contribution in [0.2, 0.25) is 0 Å². The van der Waals surface area contributed by atoms with Crippen LogP contribution in [0, 0.1) is 0 Å². The zero-order chi connectivity index (χ0) is 12.5. The molecule has 0 bridgehead atoms. The molecule has 0 saturated heterocycles. The van der Waals surface area contributed by atoms with Gasteiger partial charge in [0.25, 0.3) is 0 Å². The zero-order valence-electron chi connectivity index (χ0n) is 10.7. The van der Waals surface area contributed by atoms with Crippen LogP contribution in [0.25, 0.3) is 0 Å². The molecule has 1 aromatic carbocycles. The van der Waals surface area contributed by atoms with Gasteiger partial charge in [-0.2, -0.15) is 4.99 Å². The molecular formula is C15H17NO2. The lowest BCUT2D eigenvalue weighted by Gasteiger charge is -2.15. The van der Waals surface area contributed by atoms with Crippen molar-refractivity contribution in [3.05, 3.63) is 28.3 Å². The predicted molar refractivity (Wildman–Crippen MR) is 69.2 cm³/mol. The number of benzene rings is 1. The number of methoxy groups -OCH3 is 1. The molecule has 0 radical (unpaired) electrons. The van der Waals surface area contributed by atoms with Crippen LogP contribution >= 0.6 is 0 Å². The van der Waals surface area contributed by atoms with Crippen LogP contribution in [0.15, 0.2) is 11.1 Å². The van der Waals surface area contributed by atoms with Crippen LogP contribution in [-0.4, -0.2) is 19.8 Å². The highest BCUT2D eigenvalue weighted by Crippen LogP contribution is 2.45. The van der Waals surface area contributed by atoms with E-state index in [1.807, 2.05) is 0 Å². The second kappa shape index (κ2) is 4.68. The van der Waals surface area contributed by atoms with Gasteiger partial charge in [0.1, 0.15) is 0 Å². The van der Waals surface area contributed by atoms with Gasteiger partial charge in [-0.3, -0.25) is 0 Å². The molecule has 2 aliphatic rings. The lowest BCUT2D eigenvalue weighted by atomic mass is 9.94. The van der Waals surface area contributed by atoms with Crippen LogP contribution in [0.3, 0.4) is 0 Å². The van der Waals surface area contributed by atoms with Gasteiger partial charge in [0.15, 0.2) is 0 Å². The first-order valence-electron chi connectivity index (χ1n) is 6.59. The third-order valence-electron chi connectivity index (χ3n) is 4.19. The summed E-state index contributed by atoms with van der Waals surface area (Å²) in [5, 5.41) is 0. The van der Waals surface area contributed by atoms with Gasteiger partial charge in [-0.25, -0.2) is 4.79 Å². The Morgan fingerprint density at radius 2 is 2.28 bits per heavy atom. The van der Waals surface area contributed by atoms with E-state index in [9.17, 15) is 4.79 Å². The van der Waals surface area contributed by atoms with Crippen molar-refractivity contribution >= 4 is 11.8 Å². The minimum atomic E-state index is 0.392. The number of ether oxygens (including phenoxy) is 1. The van der Waals surface area contributed by atoms with Crippen molar-refractivity contribution in [1.82, 2.24) is 0 Å². The molecule has 0 heterocycles. The number of hydrogen-bond acceptors (Lipinski definition) is 3. The summed E-state index contributed by atoms with van der Waals surface area (Å²) in [6, 6.07) is 2.33. The number of fused-ring (bicyclic) bond motifs is 2. The molecule has 0 saturated carbocycles. The summed E-state index contributed by atoms with van der Waals surface area (Å²) in [6.07, 6.45) is 7.27. The van der Waals surface area contributed by atoms with Crippen molar-refractivity contribution in [2.75, 3.05) is 13.7 Å². The highest BCUT2D eigenvalue weighted by molar-refractivity contribution is 5.67. The SMILES string of the molecule is COCC1CCc2cc3c(c(N=C=O)c21)CCC3. The Labute approximate surface area is 107 Å². The molecule has 2 aliphatic carbocycles. The molecule has 0 aromatic heterocycles. The summed E-state index contributed by atoms with van der Waals surface area (Å²) in [4.78, 5) is 14.7. The summed E-state index contributed by atoms with van der Waals surface area (Å²) in [6.45, 7) is 0.715. The van der Waals surface area contributed by atoms with Gasteiger partial charge in [-0.15, -0.1) is 0 Å². The van der Waals surface area contributed by atoms with E-state index >= 15 is 0 Å². The summed E-state index contributed by atoms with van der Waals surface area (Å²) in [7, 11) is 1.73. The molecule has 94 valence electrons. The molecular weight excluding hydrogens is 226 g/mol. The number of nitrogens with zero attached hydrogens (tertiary/aromatic N) is 1. The lowest BCUT2D eigenvalue weighted by Crippen LogP contribution is -2.03. The highest BCUT2D eigenvalue weighted by Gasteiger charge is 2.30. The van der Waals surface area contributed by atoms with Gasteiger partial charge in [0.2, 0.25) is 6.08 Å². The number of aryl methyl sites for hydroxylation is 2. The van der Waals surface area contributed by atoms with Crippen molar-refractivity contribution < 1.29 is 9.53 Å². The van der Waals surface area contributed by atoms with Crippen LogP contribution < -0.4 is 0 Å². The average Bonchev–Trinajstić information content (AvgIpc) is 2.97. The fourth-order valence-corrected chi connectivity index (χ4v) is 3.48. The topological polar surface area (TPSA) is 38.7 Å². The number of rotatable bonds is 3. The Bertz CT molecular complexity index is 530. The van der Waals surface area contributed by atoms with Gasteiger partial charge in [-0.05, 0) is 54.4 Å². The van der Waals surface area contributed by atoms with Gasteiger partial charge in [0.05, 0.1) is 12.3 Å². The molecule has 0 N–H and O–H groups in total. The monoisotopic (exact) mass is 243 g/mol. The summed E-state index contributed by atoms with van der Waals surface area (Å²) in [5.74, 6) is 0.392. The van der Waals surface area contributed by atoms with E-state index < -0.39 is 0 Å². The fraction of sp³-hybridized carbons (Fsp3) is 0.533. The van der Waals surface area contributed by atoms with E-state index in [-0.39, 0.29) is 0 Å². The molecule has 3 nitrogen and oxygen atoms in total. The molecule has 3 heteroatoms. The number of isocyanates is 1. The molecule has 0 spiro atoms. The second-order valence-corrected chi connectivity index (χ2v) is 5.18. The van der Waals surface area contributed by atoms with Crippen molar-refractivity contribution in [3.63, 3.8) is 0 Å². The lowest BCUT2D eigenvalue weighted by molar-refractivity contribution is 0.179. The van der Waals surface area contributed by atoms with E-state index in [1.165, 1.54) is 28.7 Å². The van der Waals surface area contributed by atoms with Crippen LogP contribution in [0.4, 0.5) is 5.69 Å². The van der Waals surface area contributed by atoms with Crippen molar-refractivity contribution in [2.24, 2.45) is 4.99 Å². The Balaban J connectivity index is 2.17. The smallest absolute Gasteiger partial charge is 0.240 e. The Morgan fingerprint density at radius 3 is 3.06 bits per heavy atom. The molecule has 1 atom stereocenters. The highest BCUT2D eigenvalue weighted by atomic mass is 16.5. The maximum absolute atomic E-state index is 10.7. The van der Waals surface area contributed by atoms with Gasteiger partial charge in [-0.1, -0.05) is 6.07 Å². The maximum Gasteiger partial charge on any atom is 0.240 e. The molecule has 1 aromatic rings. The van der Waals surface area contributed by atoms with E-state index in [2.05, 4.69) is 11.1 Å². The third kappa shape index (κ3) is 1.71. The molecule has 0 aliphatic heterocycles. The van der Waals surface area contributed by atoms with E-state index in [1.54, 1.807) is 13.2 Å². The minimum absolute atomic E-state index is 0.392. The summed E-state index contributed by atoms with van der Waals surface area (Å²) < 4.78 is 5.29. The van der Waals surface area contributed by atoms with E-state index in [4.69, 9.17) is 4.74 Å². The van der Waals surface area contributed by atoms with Crippen LogP contribution in [-0.2, 0) is 28.8 Å². The molecule has 0 amide bonds. The third-order valence-corrected chi connectivity index (χ3v) is 4.19. The summed E-state index contributed by atoms with van der Waals surface area (Å²) >= 11 is 0. The van der Waals surface area contributed by atoms with Crippen molar-refractivity contribution in [1.29, 1.82) is 0 Å². The zero-order valence-corrected chi connectivity index (χ0v) is 10.7. The Hall–Kier alpha value is -1.44. The van der Waals surface area contributed by atoms with Crippen LogP contribution in [0.5, 0.6) is 0 Å². The molecule has 1 unspecified atom stereocenters. The number of carbonyl (C=O) groups excluding carboxylic acids is 1. The van der Waals surface area contributed by atoms with E-state index in [0.29, 0.717) is 12.5 Å². The standard InChI is InChI=1S/C15H17NO2/c1-18-8-12-6-5-11-7-10-3-2-4-13(10)15(14(11)12)16-9-17/h7,12H,2-6,8H2,1H3. The van der Waals surface area contributed by atoms with Crippen molar-refractivity contribution in [3.8, 4) is 0 Å². The first-order chi connectivity index (χ1) is 8.85. The molecule has 3 rings (SSSR count). The normalized spacial score (nSPS) is 20.4. The van der Waals surface area contributed by atoms with Gasteiger partial charge >= 0.3 is 0 Å². The minimum Gasteiger partial charge on any atom is -0.384 e. The first-order valence-corrected chi connectivity index (χ1v) is 6.59. The Morgan fingerprint density at radius 1 is 1.39 bits per heavy atom. The van der Waals surface area contributed by atoms with Gasteiger partial charge < -0.3 is 4.74 Å².